The van der Waals surface area contributed by atoms with Gasteiger partial charge in [-0.05, 0) is 63.9 Å². The zero-order chi connectivity index (χ0) is 36.8. The van der Waals surface area contributed by atoms with Crippen LogP contribution in [-0.4, -0.2) is 16.7 Å². The number of rotatable bonds is 3. The van der Waals surface area contributed by atoms with Gasteiger partial charge in [0.15, 0.2) is 0 Å². The summed E-state index contributed by atoms with van der Waals surface area (Å²) in [5.41, 5.74) is 9.77. The molecule has 0 saturated heterocycles. The van der Waals surface area contributed by atoms with Crippen molar-refractivity contribution in [2.75, 3.05) is 0 Å². The van der Waals surface area contributed by atoms with Crippen LogP contribution in [-0.2, 0) is 31.9 Å². The van der Waals surface area contributed by atoms with Crippen molar-refractivity contribution in [3.63, 3.8) is 0 Å². The van der Waals surface area contributed by atoms with Crippen molar-refractivity contribution in [2.24, 2.45) is 5.41 Å². The number of ether oxygens (including phenoxy) is 2. The number of benzene rings is 4. The zero-order valence-corrected chi connectivity index (χ0v) is 31.6. The Bertz CT molecular complexity index is 2190. The Kier molecular flexibility index (Phi) is 8.82. The summed E-state index contributed by atoms with van der Waals surface area (Å²) >= 11 is 0. The fourth-order valence-electron chi connectivity index (χ4n) is 6.45. The predicted molar refractivity (Wildman–Crippen MR) is 201 cm³/mol. The third kappa shape index (κ3) is 7.33. The Hall–Kier alpha value is -4.51. The maximum absolute atomic E-state index is 7.34. The summed E-state index contributed by atoms with van der Waals surface area (Å²) in [4.78, 5) is 9.13. The van der Waals surface area contributed by atoms with Gasteiger partial charge in [0.05, 0.1) is 0 Å². The van der Waals surface area contributed by atoms with Crippen molar-refractivity contribution in [3.05, 3.63) is 138 Å². The average molecular weight is 836 g/mol. The van der Waals surface area contributed by atoms with Gasteiger partial charge in [0, 0.05) is 47.8 Å². The van der Waals surface area contributed by atoms with E-state index in [-0.39, 0.29) is 37.6 Å². The number of pyridine rings is 2. The van der Waals surface area contributed by atoms with Gasteiger partial charge in [0.25, 0.3) is 0 Å². The van der Waals surface area contributed by atoms with Gasteiger partial charge < -0.3 is 19.4 Å². The van der Waals surface area contributed by atoms with Crippen molar-refractivity contribution in [3.8, 4) is 45.5 Å². The first-order chi connectivity index (χ1) is 24.7. The summed E-state index contributed by atoms with van der Waals surface area (Å²) in [6, 6.07) is 37.9. The monoisotopic (exact) mass is 836 g/mol. The van der Waals surface area contributed by atoms with Gasteiger partial charge in [-0.2, -0.15) is 0 Å². The minimum Gasteiger partial charge on any atom is -0.503 e. The number of hydrogen-bond acceptors (Lipinski definition) is 4. The normalized spacial score (nSPS) is 13.6. The quantitative estimate of drug-likeness (QED) is 0.132. The van der Waals surface area contributed by atoms with Crippen molar-refractivity contribution < 1.29 is 33.7 Å². The van der Waals surface area contributed by atoms with Gasteiger partial charge in [-0.15, -0.1) is 59.1 Å². The predicted octanol–water partition coefficient (Wildman–Crippen LogP) is 9.02. The molecule has 4 aromatic carbocycles. The number of aryl methyl sites for hydroxylation is 1. The van der Waals surface area contributed by atoms with E-state index in [2.05, 4.69) is 89.0 Å². The summed E-state index contributed by atoms with van der Waals surface area (Å²) in [6.07, 6.45) is 4.74. The molecule has 0 spiro atoms. The van der Waals surface area contributed by atoms with Gasteiger partial charge in [0.1, 0.15) is 17.2 Å². The topological polar surface area (TPSA) is 44.2 Å². The third-order valence-corrected chi connectivity index (χ3v) is 8.80. The first kappa shape index (κ1) is 31.5. The van der Waals surface area contributed by atoms with Crippen molar-refractivity contribution >= 4 is 23.1 Å². The van der Waals surface area contributed by atoms with Crippen LogP contribution >= 0.6 is 0 Å². The molecule has 6 heteroatoms. The molecular weight excluding hydrogens is 792 g/mol. The number of para-hydroxylation sites is 1. The summed E-state index contributed by atoms with van der Waals surface area (Å²) in [5.74, 6) is 3.42. The third-order valence-electron chi connectivity index (χ3n) is 8.80. The van der Waals surface area contributed by atoms with Crippen LogP contribution < -0.4 is 25.9 Å². The molecule has 2 aliphatic heterocycles. The van der Waals surface area contributed by atoms with E-state index < -0.39 is 6.85 Å². The molecule has 253 valence electrons. The zero-order valence-electron chi connectivity index (χ0n) is 32.2. The van der Waals surface area contributed by atoms with Crippen molar-refractivity contribution in [2.45, 2.75) is 60.2 Å². The molecule has 0 amide bonds. The van der Waals surface area contributed by atoms with Crippen LogP contribution in [0.25, 0.3) is 22.5 Å². The minimum atomic E-state index is -2.08. The van der Waals surface area contributed by atoms with Crippen LogP contribution in [0.2, 0.25) is 0 Å². The van der Waals surface area contributed by atoms with Gasteiger partial charge in [-0.1, -0.05) is 102 Å². The fourth-order valence-corrected chi connectivity index (χ4v) is 6.45. The molecule has 0 aliphatic carbocycles. The smallest absolute Gasteiger partial charge is 0.241 e. The second kappa shape index (κ2) is 14.0. The Labute approximate surface area is 315 Å². The Morgan fingerprint density at radius 3 is 2.24 bits per heavy atom. The average Bonchev–Trinajstić information content (AvgIpc) is 3.10. The molecule has 0 fully saturated rings. The van der Waals surface area contributed by atoms with E-state index in [0.29, 0.717) is 5.56 Å². The fraction of sp³-hybridized carbons (Fsp3) is 0.227. The number of aromatic nitrogens is 2. The van der Waals surface area contributed by atoms with Crippen LogP contribution in [0.1, 0.15) is 62.3 Å². The van der Waals surface area contributed by atoms with E-state index in [1.165, 1.54) is 17.2 Å². The van der Waals surface area contributed by atoms with E-state index >= 15 is 0 Å². The van der Waals surface area contributed by atoms with Gasteiger partial charge in [-0.25, -0.2) is 0 Å². The maximum Gasteiger partial charge on any atom is 0.241 e. The van der Waals surface area contributed by atoms with Crippen LogP contribution in [0.4, 0.5) is 0 Å². The Morgan fingerprint density at radius 1 is 0.760 bits per heavy atom. The molecule has 1 radical (unpaired) electrons. The molecule has 8 rings (SSSR count). The number of hydrogen-bond donors (Lipinski definition) is 0. The summed E-state index contributed by atoms with van der Waals surface area (Å²) in [7, 11) is 0. The molecule has 0 N–H and O–H groups in total. The standard InChI is InChI=1S/C28H23BNO2.C16H18N.Ir/c1-28(2,3)17-18-14-15-30-22(16-18)19-8-6-10-21-27(19)32-25-13-7-12-24-26(25)29(21)20-9-4-5-11-23(20)31-24;1-12-5-7-13(8-6-12)15-10-9-14(11-17-15)16(2,3)4;/h4-7,9-16H,17H2,1-3H3;5-7,9-11H,1-4H3;/q2*-1;/i;1D3;. The van der Waals surface area contributed by atoms with Gasteiger partial charge in [-0.3, -0.25) is 0 Å². The first-order valence-electron chi connectivity index (χ1n) is 18.2. The van der Waals surface area contributed by atoms with E-state index in [0.717, 1.165) is 68.3 Å². The van der Waals surface area contributed by atoms with Crippen LogP contribution in [0.5, 0.6) is 23.0 Å². The minimum absolute atomic E-state index is 0. The Balaban J connectivity index is 0.000000199. The second-order valence-electron chi connectivity index (χ2n) is 14.9. The van der Waals surface area contributed by atoms with Gasteiger partial charge >= 0.3 is 0 Å². The molecule has 0 atom stereocenters. The summed E-state index contributed by atoms with van der Waals surface area (Å²) in [5, 5.41) is 0. The van der Waals surface area contributed by atoms with Crippen molar-refractivity contribution in [1.82, 2.24) is 9.97 Å². The molecule has 6 aromatic rings. The molecule has 4 nitrogen and oxygen atoms in total. The second-order valence-corrected chi connectivity index (χ2v) is 14.9. The maximum atomic E-state index is 7.34. The van der Waals surface area contributed by atoms with Crippen LogP contribution in [0.3, 0.4) is 0 Å². The van der Waals surface area contributed by atoms with E-state index in [1.54, 1.807) is 12.1 Å². The molecule has 50 heavy (non-hydrogen) atoms. The molecule has 4 heterocycles. The molecule has 2 aromatic heterocycles. The summed E-state index contributed by atoms with van der Waals surface area (Å²) in [6.45, 7) is 11.2. The van der Waals surface area contributed by atoms with E-state index in [1.807, 2.05) is 60.9 Å². The van der Waals surface area contributed by atoms with E-state index in [9.17, 15) is 0 Å². The molecule has 0 unspecified atom stereocenters. The summed E-state index contributed by atoms with van der Waals surface area (Å²) < 4.78 is 34.8. The van der Waals surface area contributed by atoms with Crippen LogP contribution in [0.15, 0.2) is 109 Å². The molecule has 0 bridgehead atoms. The number of fused-ring (bicyclic) bond motifs is 4. The molecular formula is C44H41BIrN2O2-2. The van der Waals surface area contributed by atoms with Crippen LogP contribution in [0, 0.1) is 24.4 Å². The Morgan fingerprint density at radius 2 is 1.54 bits per heavy atom. The van der Waals surface area contributed by atoms with E-state index in [4.69, 9.17) is 18.6 Å². The SMILES string of the molecule is CC(C)(C)Cc1ccnc(-c2[c-]ccc3c2Oc2cccc4c2B3c2ccccc2O4)c1.[2H]C([2H])([2H])c1c[c-]c(-c2ccc(C(C)(C)C)cn2)cc1.[Ir]. The molecule has 0 saturated carbocycles. The molecule has 2 aliphatic rings. The number of nitrogens with zero attached hydrogens (tertiary/aromatic N) is 2. The van der Waals surface area contributed by atoms with Crippen molar-refractivity contribution in [1.29, 1.82) is 0 Å². The van der Waals surface area contributed by atoms with Gasteiger partial charge in [0.2, 0.25) is 6.71 Å². The first-order valence-corrected chi connectivity index (χ1v) is 16.7. The largest absolute Gasteiger partial charge is 0.503 e.